The summed E-state index contributed by atoms with van der Waals surface area (Å²) < 4.78 is 18.6. The number of halogens is 1. The smallest absolute Gasteiger partial charge is 0.165 e. The highest BCUT2D eigenvalue weighted by molar-refractivity contribution is 5.89. The Labute approximate surface area is 109 Å². The fourth-order valence-corrected chi connectivity index (χ4v) is 2.00. The minimum absolute atomic E-state index is 0.208. The number of imidazole rings is 1. The molecule has 0 spiro atoms. The number of hydrogen-bond acceptors (Lipinski definition) is 3. The third-order valence-corrected chi connectivity index (χ3v) is 2.97. The van der Waals surface area contributed by atoms with Crippen molar-refractivity contribution in [2.75, 3.05) is 12.8 Å². The van der Waals surface area contributed by atoms with Crippen LogP contribution in [-0.4, -0.2) is 17.1 Å². The standard InChI is InChI=1S/C14H12FN3O/c1-19-12-6-5-8(7-9(12)15)14-17-11-4-2-3-10(16)13(11)18-14/h2-7H,16H2,1H3,(H,17,18). The summed E-state index contributed by atoms with van der Waals surface area (Å²) in [6.07, 6.45) is 0. The van der Waals surface area contributed by atoms with Gasteiger partial charge in [0.2, 0.25) is 0 Å². The van der Waals surface area contributed by atoms with Crippen LogP contribution in [0.25, 0.3) is 22.4 Å². The number of para-hydroxylation sites is 1. The second kappa shape index (κ2) is 4.28. The Morgan fingerprint density at radius 3 is 2.79 bits per heavy atom. The van der Waals surface area contributed by atoms with E-state index < -0.39 is 5.82 Å². The molecule has 0 saturated heterocycles. The van der Waals surface area contributed by atoms with Gasteiger partial charge >= 0.3 is 0 Å². The molecule has 3 N–H and O–H groups in total. The van der Waals surface area contributed by atoms with Crippen LogP contribution >= 0.6 is 0 Å². The van der Waals surface area contributed by atoms with E-state index >= 15 is 0 Å². The largest absolute Gasteiger partial charge is 0.494 e. The second-order valence-corrected chi connectivity index (χ2v) is 4.18. The predicted octanol–water partition coefficient (Wildman–Crippen LogP) is 2.96. The maximum absolute atomic E-state index is 13.7. The number of aromatic nitrogens is 2. The minimum Gasteiger partial charge on any atom is -0.494 e. The first-order chi connectivity index (χ1) is 9.19. The van der Waals surface area contributed by atoms with E-state index in [0.717, 1.165) is 5.52 Å². The Hall–Kier alpha value is -2.56. The summed E-state index contributed by atoms with van der Waals surface area (Å²) in [4.78, 5) is 7.51. The van der Waals surface area contributed by atoms with Crippen LogP contribution in [0.15, 0.2) is 36.4 Å². The number of nitrogens with one attached hydrogen (secondary N) is 1. The predicted molar refractivity (Wildman–Crippen MR) is 72.5 cm³/mol. The Kier molecular flexibility index (Phi) is 2.59. The molecule has 0 aliphatic heterocycles. The van der Waals surface area contributed by atoms with Crippen LogP contribution in [0.3, 0.4) is 0 Å². The van der Waals surface area contributed by atoms with Crippen molar-refractivity contribution in [1.82, 2.24) is 9.97 Å². The lowest BCUT2D eigenvalue weighted by molar-refractivity contribution is 0.386. The lowest BCUT2D eigenvalue weighted by Gasteiger charge is -2.02. The molecule has 96 valence electrons. The minimum atomic E-state index is -0.423. The van der Waals surface area contributed by atoms with Gasteiger partial charge in [-0.15, -0.1) is 0 Å². The summed E-state index contributed by atoms with van der Waals surface area (Å²) in [5.74, 6) is 0.363. The summed E-state index contributed by atoms with van der Waals surface area (Å²) in [6, 6.07) is 10.2. The van der Waals surface area contributed by atoms with E-state index in [2.05, 4.69) is 9.97 Å². The number of fused-ring (bicyclic) bond motifs is 1. The lowest BCUT2D eigenvalue weighted by atomic mass is 10.2. The summed E-state index contributed by atoms with van der Waals surface area (Å²) in [5, 5.41) is 0. The van der Waals surface area contributed by atoms with E-state index in [0.29, 0.717) is 22.6 Å². The monoisotopic (exact) mass is 257 g/mol. The van der Waals surface area contributed by atoms with Crippen molar-refractivity contribution in [3.8, 4) is 17.1 Å². The molecule has 0 radical (unpaired) electrons. The maximum atomic E-state index is 13.7. The summed E-state index contributed by atoms with van der Waals surface area (Å²) >= 11 is 0. The molecule has 0 amide bonds. The molecule has 1 heterocycles. The van der Waals surface area contributed by atoms with Gasteiger partial charge in [-0.1, -0.05) is 6.07 Å². The van der Waals surface area contributed by atoms with Crippen LogP contribution in [0.5, 0.6) is 5.75 Å². The van der Waals surface area contributed by atoms with Gasteiger partial charge in [0, 0.05) is 5.56 Å². The molecule has 0 saturated carbocycles. The van der Waals surface area contributed by atoms with Crippen molar-refractivity contribution in [3.63, 3.8) is 0 Å². The van der Waals surface area contributed by atoms with Crippen LogP contribution in [0.1, 0.15) is 0 Å². The highest BCUT2D eigenvalue weighted by atomic mass is 19.1. The normalized spacial score (nSPS) is 10.8. The average Bonchev–Trinajstić information content (AvgIpc) is 2.84. The van der Waals surface area contributed by atoms with Crippen molar-refractivity contribution < 1.29 is 9.13 Å². The zero-order chi connectivity index (χ0) is 13.4. The first-order valence-corrected chi connectivity index (χ1v) is 5.77. The number of hydrogen-bond donors (Lipinski definition) is 2. The molecule has 4 nitrogen and oxygen atoms in total. The van der Waals surface area contributed by atoms with Gasteiger partial charge in [0.05, 0.1) is 18.3 Å². The number of ether oxygens (including phenoxy) is 1. The number of H-pyrrole nitrogens is 1. The van der Waals surface area contributed by atoms with Gasteiger partial charge in [0.15, 0.2) is 11.6 Å². The number of nitrogen functional groups attached to an aromatic ring is 1. The number of nitrogens with two attached hydrogens (primary N) is 1. The number of benzene rings is 2. The highest BCUT2D eigenvalue weighted by Gasteiger charge is 2.10. The summed E-state index contributed by atoms with van der Waals surface area (Å²) in [7, 11) is 1.43. The average molecular weight is 257 g/mol. The first kappa shape index (κ1) is 11.5. The molecule has 0 aliphatic carbocycles. The molecule has 0 fully saturated rings. The van der Waals surface area contributed by atoms with Crippen molar-refractivity contribution in [3.05, 3.63) is 42.2 Å². The quantitative estimate of drug-likeness (QED) is 0.694. The molecule has 19 heavy (non-hydrogen) atoms. The summed E-state index contributed by atoms with van der Waals surface area (Å²) in [6.45, 7) is 0. The van der Waals surface area contributed by atoms with Gasteiger partial charge < -0.3 is 15.5 Å². The second-order valence-electron chi connectivity index (χ2n) is 4.18. The van der Waals surface area contributed by atoms with Crippen LogP contribution < -0.4 is 10.5 Å². The third kappa shape index (κ3) is 1.89. The third-order valence-electron chi connectivity index (χ3n) is 2.97. The molecule has 0 atom stereocenters. The Morgan fingerprint density at radius 1 is 1.26 bits per heavy atom. The SMILES string of the molecule is COc1ccc(-c2nc3c(N)cccc3[nH]2)cc1F. The van der Waals surface area contributed by atoms with Gasteiger partial charge in [-0.3, -0.25) is 0 Å². The molecule has 0 bridgehead atoms. The van der Waals surface area contributed by atoms with Gasteiger partial charge in [0.1, 0.15) is 11.3 Å². The van der Waals surface area contributed by atoms with Crippen LogP contribution in [-0.2, 0) is 0 Å². The van der Waals surface area contributed by atoms with Crippen molar-refractivity contribution >= 4 is 16.7 Å². The Balaban J connectivity index is 2.14. The Morgan fingerprint density at radius 2 is 2.11 bits per heavy atom. The molecule has 3 aromatic rings. The van der Waals surface area contributed by atoms with Gasteiger partial charge in [-0.05, 0) is 30.3 Å². The number of aromatic amines is 1. The van der Waals surface area contributed by atoms with E-state index in [1.54, 1.807) is 18.2 Å². The van der Waals surface area contributed by atoms with Gasteiger partial charge in [-0.25, -0.2) is 9.37 Å². The van der Waals surface area contributed by atoms with Gasteiger partial charge in [0.25, 0.3) is 0 Å². The molecular formula is C14H12FN3O. The number of methoxy groups -OCH3 is 1. The molecule has 5 heteroatoms. The number of anilines is 1. The van der Waals surface area contributed by atoms with Crippen molar-refractivity contribution in [2.45, 2.75) is 0 Å². The summed E-state index contributed by atoms with van der Waals surface area (Å²) in [5.41, 5.74) is 8.60. The first-order valence-electron chi connectivity index (χ1n) is 5.77. The lowest BCUT2D eigenvalue weighted by Crippen LogP contribution is -1.89. The van der Waals surface area contributed by atoms with E-state index in [1.807, 2.05) is 12.1 Å². The molecule has 3 rings (SSSR count). The maximum Gasteiger partial charge on any atom is 0.165 e. The highest BCUT2D eigenvalue weighted by Crippen LogP contribution is 2.27. The zero-order valence-electron chi connectivity index (χ0n) is 10.3. The van der Waals surface area contributed by atoms with Crippen molar-refractivity contribution in [2.24, 2.45) is 0 Å². The van der Waals surface area contributed by atoms with Crippen molar-refractivity contribution in [1.29, 1.82) is 0 Å². The molecule has 0 aliphatic rings. The number of rotatable bonds is 2. The molecule has 2 aromatic carbocycles. The fourth-order valence-electron chi connectivity index (χ4n) is 2.00. The molecular weight excluding hydrogens is 245 g/mol. The fraction of sp³-hybridized carbons (Fsp3) is 0.0714. The van der Waals surface area contributed by atoms with E-state index in [1.165, 1.54) is 13.2 Å². The van der Waals surface area contributed by atoms with E-state index in [-0.39, 0.29) is 5.75 Å². The van der Waals surface area contributed by atoms with Gasteiger partial charge in [-0.2, -0.15) is 0 Å². The van der Waals surface area contributed by atoms with E-state index in [9.17, 15) is 4.39 Å². The van der Waals surface area contributed by atoms with Crippen LogP contribution in [0, 0.1) is 5.82 Å². The molecule has 1 aromatic heterocycles. The van der Waals surface area contributed by atoms with E-state index in [4.69, 9.17) is 10.5 Å². The molecule has 0 unspecified atom stereocenters. The van der Waals surface area contributed by atoms with Crippen LogP contribution in [0.2, 0.25) is 0 Å². The van der Waals surface area contributed by atoms with Crippen LogP contribution in [0.4, 0.5) is 10.1 Å². The number of nitrogens with zero attached hydrogens (tertiary/aromatic N) is 1. The Bertz CT molecular complexity index is 752. The topological polar surface area (TPSA) is 63.9 Å². The zero-order valence-corrected chi connectivity index (χ0v) is 10.3.